The summed E-state index contributed by atoms with van der Waals surface area (Å²) in [5.74, 6) is -1.34. The van der Waals surface area contributed by atoms with Gasteiger partial charge in [-0.3, -0.25) is 4.98 Å². The molecule has 1 aromatic heterocycles. The van der Waals surface area contributed by atoms with Crippen molar-refractivity contribution in [2.75, 3.05) is 36.4 Å². The highest BCUT2D eigenvalue weighted by molar-refractivity contribution is 7.89. The second-order valence-electron chi connectivity index (χ2n) is 7.68. The van der Waals surface area contributed by atoms with Gasteiger partial charge in [0.1, 0.15) is 11.6 Å². The summed E-state index contributed by atoms with van der Waals surface area (Å²) in [6.45, 7) is 1.18. The van der Waals surface area contributed by atoms with Crippen molar-refractivity contribution in [2.24, 2.45) is 0 Å². The zero-order valence-electron chi connectivity index (χ0n) is 18.1. The van der Waals surface area contributed by atoms with Crippen LogP contribution < -0.4 is 15.5 Å². The zero-order chi connectivity index (χ0) is 24.1. The number of carbonyl (C=O) groups is 1. The van der Waals surface area contributed by atoms with E-state index in [2.05, 4.69) is 15.6 Å². The minimum absolute atomic E-state index is 0.0928. The number of benzene rings is 2. The smallest absolute Gasteiger partial charge is 0.319 e. The molecule has 2 N–H and O–H groups in total. The number of hydrogen-bond donors (Lipinski definition) is 2. The normalized spacial score (nSPS) is 14.6. The molecule has 8 nitrogen and oxygen atoms in total. The molecule has 0 spiro atoms. The molecule has 0 unspecified atom stereocenters. The maximum Gasteiger partial charge on any atom is 0.319 e. The summed E-state index contributed by atoms with van der Waals surface area (Å²) in [6.07, 6.45) is 3.29. The summed E-state index contributed by atoms with van der Waals surface area (Å²) < 4.78 is 54.5. The molecule has 0 atom stereocenters. The average Bonchev–Trinajstić information content (AvgIpc) is 2.84. The SMILES string of the molecule is O=C(NCc1cccnc1)Nc1ccc(S(=O)(=O)N2CCN(c3ccc(F)cc3F)CC2)cc1. The van der Waals surface area contributed by atoms with E-state index < -0.39 is 27.7 Å². The van der Waals surface area contributed by atoms with Crippen LogP contribution in [0.3, 0.4) is 0 Å². The summed E-state index contributed by atoms with van der Waals surface area (Å²) in [5, 5.41) is 5.36. The van der Waals surface area contributed by atoms with Crippen LogP contribution in [0, 0.1) is 11.6 Å². The number of rotatable bonds is 6. The largest absolute Gasteiger partial charge is 0.367 e. The highest BCUT2D eigenvalue weighted by Crippen LogP contribution is 2.24. The molecule has 1 saturated heterocycles. The fourth-order valence-corrected chi connectivity index (χ4v) is 5.05. The average molecular weight is 488 g/mol. The number of piperazine rings is 1. The molecule has 0 bridgehead atoms. The fourth-order valence-electron chi connectivity index (χ4n) is 3.63. The standard InChI is InChI=1S/C23H23F2N5O3S/c24-18-3-8-22(21(25)14-18)29-10-12-30(13-11-29)34(32,33)20-6-4-19(5-7-20)28-23(31)27-16-17-2-1-9-26-15-17/h1-9,14-15H,10-13,16H2,(H2,27,28,31). The molecule has 0 saturated carbocycles. The number of sulfonamides is 1. The van der Waals surface area contributed by atoms with Crippen LogP contribution in [0.5, 0.6) is 0 Å². The van der Waals surface area contributed by atoms with E-state index in [1.165, 1.54) is 40.7 Å². The lowest BCUT2D eigenvalue weighted by atomic mass is 10.2. The third kappa shape index (κ3) is 5.49. The van der Waals surface area contributed by atoms with Crippen molar-refractivity contribution in [3.8, 4) is 0 Å². The first kappa shape index (κ1) is 23.6. The van der Waals surface area contributed by atoms with Crippen LogP contribution in [0.25, 0.3) is 0 Å². The van der Waals surface area contributed by atoms with Crippen molar-refractivity contribution in [3.63, 3.8) is 0 Å². The molecule has 0 radical (unpaired) electrons. The van der Waals surface area contributed by atoms with Crippen LogP contribution in [0.15, 0.2) is 71.9 Å². The lowest BCUT2D eigenvalue weighted by Crippen LogP contribution is -2.48. The number of aromatic nitrogens is 1. The van der Waals surface area contributed by atoms with Gasteiger partial charge in [0, 0.05) is 56.9 Å². The Morgan fingerprint density at radius 2 is 1.74 bits per heavy atom. The monoisotopic (exact) mass is 487 g/mol. The van der Waals surface area contributed by atoms with Gasteiger partial charge in [-0.2, -0.15) is 4.31 Å². The van der Waals surface area contributed by atoms with Gasteiger partial charge in [-0.15, -0.1) is 0 Å². The van der Waals surface area contributed by atoms with Crippen molar-refractivity contribution < 1.29 is 22.0 Å². The van der Waals surface area contributed by atoms with Crippen molar-refractivity contribution in [3.05, 3.63) is 84.2 Å². The Kier molecular flexibility index (Phi) is 7.03. The van der Waals surface area contributed by atoms with E-state index in [-0.39, 0.29) is 36.8 Å². The van der Waals surface area contributed by atoms with E-state index in [1.807, 2.05) is 6.07 Å². The van der Waals surface area contributed by atoms with E-state index in [1.54, 1.807) is 23.4 Å². The maximum absolute atomic E-state index is 14.0. The number of amides is 2. The van der Waals surface area contributed by atoms with Crippen molar-refractivity contribution in [1.82, 2.24) is 14.6 Å². The van der Waals surface area contributed by atoms with Crippen LogP contribution >= 0.6 is 0 Å². The fraction of sp³-hybridized carbons (Fsp3) is 0.217. The predicted molar refractivity (Wildman–Crippen MR) is 124 cm³/mol. The van der Waals surface area contributed by atoms with E-state index in [0.717, 1.165) is 11.6 Å². The van der Waals surface area contributed by atoms with Crippen LogP contribution in [0.1, 0.15) is 5.56 Å². The quantitative estimate of drug-likeness (QED) is 0.557. The van der Waals surface area contributed by atoms with Crippen LogP contribution in [-0.4, -0.2) is 49.9 Å². The number of hydrogen-bond acceptors (Lipinski definition) is 5. The summed E-state index contributed by atoms with van der Waals surface area (Å²) in [7, 11) is -3.76. The van der Waals surface area contributed by atoms with Gasteiger partial charge in [-0.1, -0.05) is 6.07 Å². The molecule has 178 valence electrons. The Morgan fingerprint density at radius 1 is 1.00 bits per heavy atom. The van der Waals surface area contributed by atoms with E-state index in [0.29, 0.717) is 12.2 Å². The minimum Gasteiger partial charge on any atom is -0.367 e. The second kappa shape index (κ2) is 10.1. The first-order chi connectivity index (χ1) is 16.3. The van der Waals surface area contributed by atoms with Gasteiger partial charge >= 0.3 is 6.03 Å². The number of carbonyl (C=O) groups excluding carboxylic acids is 1. The highest BCUT2D eigenvalue weighted by atomic mass is 32.2. The zero-order valence-corrected chi connectivity index (χ0v) is 18.9. The van der Waals surface area contributed by atoms with Crippen LogP contribution in [-0.2, 0) is 16.6 Å². The molecule has 3 aromatic rings. The second-order valence-corrected chi connectivity index (χ2v) is 9.62. The molecule has 4 rings (SSSR count). The third-order valence-electron chi connectivity index (χ3n) is 5.41. The first-order valence-corrected chi connectivity index (χ1v) is 12.0. The van der Waals surface area contributed by atoms with Gasteiger partial charge in [0.2, 0.25) is 10.0 Å². The number of urea groups is 1. The molecule has 2 heterocycles. The molecular weight excluding hydrogens is 464 g/mol. The molecule has 1 aliphatic heterocycles. The Labute approximate surface area is 196 Å². The molecule has 0 aliphatic carbocycles. The van der Waals surface area contributed by atoms with Gasteiger partial charge in [-0.25, -0.2) is 22.0 Å². The molecule has 1 fully saturated rings. The number of nitrogens with zero attached hydrogens (tertiary/aromatic N) is 3. The number of pyridine rings is 1. The Hall–Kier alpha value is -3.57. The highest BCUT2D eigenvalue weighted by Gasteiger charge is 2.29. The van der Waals surface area contributed by atoms with E-state index in [4.69, 9.17) is 0 Å². The Morgan fingerprint density at radius 3 is 2.38 bits per heavy atom. The summed E-state index contributed by atoms with van der Waals surface area (Å²) in [4.78, 5) is 17.8. The maximum atomic E-state index is 14.0. The van der Waals surface area contributed by atoms with Crippen molar-refractivity contribution in [2.45, 2.75) is 11.4 Å². The van der Waals surface area contributed by atoms with Gasteiger partial charge in [0.15, 0.2) is 0 Å². The van der Waals surface area contributed by atoms with E-state index in [9.17, 15) is 22.0 Å². The van der Waals surface area contributed by atoms with Crippen LogP contribution in [0.2, 0.25) is 0 Å². The summed E-state index contributed by atoms with van der Waals surface area (Å²) in [5.41, 5.74) is 1.54. The van der Waals surface area contributed by atoms with Gasteiger partial charge < -0.3 is 15.5 Å². The van der Waals surface area contributed by atoms with Gasteiger partial charge in [0.25, 0.3) is 0 Å². The van der Waals surface area contributed by atoms with Crippen LogP contribution in [0.4, 0.5) is 25.0 Å². The summed E-state index contributed by atoms with van der Waals surface area (Å²) >= 11 is 0. The molecule has 11 heteroatoms. The lowest BCUT2D eigenvalue weighted by molar-refractivity contribution is 0.251. The topological polar surface area (TPSA) is 94.6 Å². The Bertz CT molecular complexity index is 1250. The molecule has 1 aliphatic rings. The molecular formula is C23H23F2N5O3S. The molecule has 2 aromatic carbocycles. The van der Waals surface area contributed by atoms with Crippen molar-refractivity contribution >= 4 is 27.4 Å². The lowest BCUT2D eigenvalue weighted by Gasteiger charge is -2.35. The first-order valence-electron chi connectivity index (χ1n) is 10.6. The minimum atomic E-state index is -3.76. The number of nitrogens with one attached hydrogen (secondary N) is 2. The number of anilines is 2. The van der Waals surface area contributed by atoms with Gasteiger partial charge in [-0.05, 0) is 48.0 Å². The van der Waals surface area contributed by atoms with Gasteiger partial charge in [0.05, 0.1) is 10.6 Å². The van der Waals surface area contributed by atoms with Crippen molar-refractivity contribution in [1.29, 1.82) is 0 Å². The molecule has 2 amide bonds. The third-order valence-corrected chi connectivity index (χ3v) is 7.33. The Balaban J connectivity index is 1.33. The summed E-state index contributed by atoms with van der Waals surface area (Å²) in [6, 6.07) is 12.4. The van der Waals surface area contributed by atoms with E-state index >= 15 is 0 Å². The number of halogens is 2. The predicted octanol–water partition coefficient (Wildman–Crippen LogP) is 3.19. The molecule has 34 heavy (non-hydrogen) atoms.